The van der Waals surface area contributed by atoms with Crippen LogP contribution in [0.3, 0.4) is 0 Å². The Morgan fingerprint density at radius 1 is 1.41 bits per heavy atom. The number of aromatic nitrogens is 4. The lowest BCUT2D eigenvalue weighted by Gasteiger charge is -2.22. The summed E-state index contributed by atoms with van der Waals surface area (Å²) in [4.78, 5) is 29.7. The molecule has 0 radical (unpaired) electrons. The summed E-state index contributed by atoms with van der Waals surface area (Å²) in [5.41, 5.74) is 1.28. The Hall–Kier alpha value is -2.74. The van der Waals surface area contributed by atoms with Crippen LogP contribution in [0, 0.1) is 5.82 Å². The summed E-state index contributed by atoms with van der Waals surface area (Å²) in [6.45, 7) is 1.69. The molecule has 1 amide bonds. The van der Waals surface area contributed by atoms with Crippen molar-refractivity contribution in [3.05, 3.63) is 35.5 Å². The number of hydrogen-bond donors (Lipinski definition) is 2. The van der Waals surface area contributed by atoms with Crippen LogP contribution in [0.4, 0.5) is 10.2 Å². The van der Waals surface area contributed by atoms with Crippen LogP contribution in [-0.4, -0.2) is 49.9 Å². The molecular formula is C18H18ClFN6O. The second-order valence-corrected chi connectivity index (χ2v) is 7.12. The molecule has 140 valence electrons. The minimum Gasteiger partial charge on any atom is -0.356 e. The molecule has 0 bridgehead atoms. The number of likely N-dealkylation sites (N-methyl/N-ethyl adjacent to an activating group) is 1. The minimum absolute atomic E-state index is 0.0191. The van der Waals surface area contributed by atoms with E-state index in [1.54, 1.807) is 31.1 Å². The lowest BCUT2D eigenvalue weighted by atomic mass is 10.2. The van der Waals surface area contributed by atoms with Gasteiger partial charge in [0.2, 0.25) is 5.91 Å². The Morgan fingerprint density at radius 3 is 2.93 bits per heavy atom. The molecule has 1 aliphatic carbocycles. The van der Waals surface area contributed by atoms with Crippen molar-refractivity contribution >= 4 is 34.4 Å². The van der Waals surface area contributed by atoms with Crippen molar-refractivity contribution in [1.29, 1.82) is 0 Å². The molecule has 27 heavy (non-hydrogen) atoms. The fourth-order valence-electron chi connectivity index (χ4n) is 2.98. The molecule has 2 N–H and O–H groups in total. The van der Waals surface area contributed by atoms with Gasteiger partial charge in [-0.15, -0.1) is 0 Å². The average molecular weight is 389 g/mol. The van der Waals surface area contributed by atoms with Crippen LogP contribution >= 0.6 is 11.6 Å². The predicted molar refractivity (Wildman–Crippen MR) is 101 cm³/mol. The van der Waals surface area contributed by atoms with Crippen LogP contribution in [0.2, 0.25) is 5.02 Å². The van der Waals surface area contributed by atoms with Crippen LogP contribution in [0.1, 0.15) is 19.8 Å². The van der Waals surface area contributed by atoms with Crippen LogP contribution < -0.4 is 5.32 Å². The van der Waals surface area contributed by atoms with Crippen molar-refractivity contribution < 1.29 is 9.18 Å². The molecule has 1 aliphatic rings. The highest BCUT2D eigenvalue weighted by molar-refractivity contribution is 6.31. The largest absolute Gasteiger partial charge is 0.356 e. The van der Waals surface area contributed by atoms with E-state index >= 15 is 0 Å². The normalized spacial score (nSPS) is 15.0. The molecule has 0 aromatic carbocycles. The monoisotopic (exact) mass is 388 g/mol. The quantitative estimate of drug-likeness (QED) is 0.700. The zero-order valence-electron chi connectivity index (χ0n) is 14.8. The first-order valence-corrected chi connectivity index (χ1v) is 9.00. The highest BCUT2D eigenvalue weighted by Gasteiger charge is 2.32. The maximum absolute atomic E-state index is 14.2. The molecule has 0 spiro atoms. The summed E-state index contributed by atoms with van der Waals surface area (Å²) in [5, 5.41) is 4.08. The van der Waals surface area contributed by atoms with Gasteiger partial charge in [-0.05, 0) is 25.8 Å². The number of nitrogens with zero attached hydrogens (tertiary/aromatic N) is 4. The highest BCUT2D eigenvalue weighted by Crippen LogP contribution is 2.29. The molecule has 3 aromatic rings. The first-order chi connectivity index (χ1) is 12.9. The van der Waals surface area contributed by atoms with E-state index in [0.29, 0.717) is 22.1 Å². The van der Waals surface area contributed by atoms with Gasteiger partial charge in [-0.1, -0.05) is 11.6 Å². The van der Waals surface area contributed by atoms with Gasteiger partial charge in [0.15, 0.2) is 17.5 Å². The zero-order chi connectivity index (χ0) is 19.1. The lowest BCUT2D eigenvalue weighted by Crippen LogP contribution is -2.40. The topological polar surface area (TPSA) is 86.8 Å². The third kappa shape index (κ3) is 3.44. The molecule has 9 heteroatoms. The van der Waals surface area contributed by atoms with E-state index in [0.717, 1.165) is 24.4 Å². The van der Waals surface area contributed by atoms with Gasteiger partial charge in [0, 0.05) is 36.4 Å². The number of anilines is 1. The standard InChI is InChI=1S/C18H18ClFN6O/c1-9(18(27)26(2)11-3-4-11)24-17-14(20)8-23-16(25-17)13-7-22-15-12(13)5-10(19)6-21-15/h5-9,11H,3-4H2,1-2H3,(H,21,22)(H,23,24,25)/t9-/m0/s1. The van der Waals surface area contributed by atoms with Crippen molar-refractivity contribution in [3.63, 3.8) is 0 Å². The molecule has 0 unspecified atom stereocenters. The first-order valence-electron chi connectivity index (χ1n) is 8.63. The summed E-state index contributed by atoms with van der Waals surface area (Å²) in [5.74, 6) is -0.428. The maximum atomic E-state index is 14.2. The van der Waals surface area contributed by atoms with Crippen molar-refractivity contribution in [3.8, 4) is 11.4 Å². The number of carbonyl (C=O) groups is 1. The Morgan fingerprint density at radius 2 is 2.19 bits per heavy atom. The Kier molecular flexibility index (Phi) is 4.43. The molecule has 1 saturated carbocycles. The number of carbonyl (C=O) groups excluding carboxylic acids is 1. The number of rotatable bonds is 5. The number of halogens is 2. The average Bonchev–Trinajstić information content (AvgIpc) is 3.42. The highest BCUT2D eigenvalue weighted by atomic mass is 35.5. The van der Waals surface area contributed by atoms with E-state index < -0.39 is 11.9 Å². The van der Waals surface area contributed by atoms with E-state index in [4.69, 9.17) is 11.6 Å². The van der Waals surface area contributed by atoms with Gasteiger partial charge >= 0.3 is 0 Å². The predicted octanol–water partition coefficient (Wildman–Crippen LogP) is 3.23. The van der Waals surface area contributed by atoms with Gasteiger partial charge in [0.25, 0.3) is 0 Å². The van der Waals surface area contributed by atoms with Crippen LogP contribution in [0.25, 0.3) is 22.4 Å². The number of amides is 1. The number of aromatic amines is 1. The molecule has 7 nitrogen and oxygen atoms in total. The Labute approximate surface area is 160 Å². The maximum Gasteiger partial charge on any atom is 0.244 e. The van der Waals surface area contributed by atoms with Gasteiger partial charge in [-0.3, -0.25) is 4.79 Å². The van der Waals surface area contributed by atoms with Gasteiger partial charge < -0.3 is 15.2 Å². The minimum atomic E-state index is -0.622. The third-order valence-electron chi connectivity index (χ3n) is 4.65. The van der Waals surface area contributed by atoms with E-state index in [-0.39, 0.29) is 17.8 Å². The molecule has 0 saturated heterocycles. The van der Waals surface area contributed by atoms with E-state index in [1.807, 2.05) is 0 Å². The van der Waals surface area contributed by atoms with Gasteiger partial charge in [0.1, 0.15) is 11.7 Å². The van der Waals surface area contributed by atoms with Crippen molar-refractivity contribution in [1.82, 2.24) is 24.8 Å². The first kappa shape index (κ1) is 17.7. The summed E-state index contributed by atoms with van der Waals surface area (Å²) in [7, 11) is 1.77. The van der Waals surface area contributed by atoms with E-state index in [2.05, 4.69) is 25.3 Å². The molecule has 4 rings (SSSR count). The fourth-order valence-corrected chi connectivity index (χ4v) is 3.13. The molecular weight excluding hydrogens is 371 g/mol. The fraction of sp³-hybridized carbons (Fsp3) is 0.333. The Balaban J connectivity index is 1.63. The summed E-state index contributed by atoms with van der Waals surface area (Å²) >= 11 is 6.02. The molecule has 1 fully saturated rings. The van der Waals surface area contributed by atoms with Crippen LogP contribution in [0.5, 0.6) is 0 Å². The molecule has 0 aliphatic heterocycles. The second kappa shape index (κ2) is 6.77. The number of nitrogens with one attached hydrogen (secondary N) is 2. The van der Waals surface area contributed by atoms with Crippen LogP contribution in [-0.2, 0) is 4.79 Å². The van der Waals surface area contributed by atoms with Crippen molar-refractivity contribution in [2.24, 2.45) is 0 Å². The van der Waals surface area contributed by atoms with Crippen molar-refractivity contribution in [2.75, 3.05) is 12.4 Å². The van der Waals surface area contributed by atoms with Gasteiger partial charge in [-0.25, -0.2) is 19.3 Å². The summed E-state index contributed by atoms with van der Waals surface area (Å²) in [6, 6.07) is 1.43. The zero-order valence-corrected chi connectivity index (χ0v) is 15.6. The number of pyridine rings is 1. The second-order valence-electron chi connectivity index (χ2n) is 6.69. The SMILES string of the molecule is C[C@H](Nc1nc(-c2c[nH]c3ncc(Cl)cc23)ncc1F)C(=O)N(C)C1CC1. The summed E-state index contributed by atoms with van der Waals surface area (Å²) in [6.07, 6.45) is 6.34. The number of fused-ring (bicyclic) bond motifs is 1. The molecule has 1 atom stereocenters. The van der Waals surface area contributed by atoms with Crippen LogP contribution in [0.15, 0.2) is 24.7 Å². The summed E-state index contributed by atoms with van der Waals surface area (Å²) < 4.78 is 14.2. The Bertz CT molecular complexity index is 1020. The smallest absolute Gasteiger partial charge is 0.244 e. The number of H-pyrrole nitrogens is 1. The van der Waals surface area contributed by atoms with Gasteiger partial charge in [-0.2, -0.15) is 0 Å². The third-order valence-corrected chi connectivity index (χ3v) is 4.86. The number of hydrogen-bond acceptors (Lipinski definition) is 5. The van der Waals surface area contributed by atoms with E-state index in [9.17, 15) is 9.18 Å². The molecule has 3 aromatic heterocycles. The lowest BCUT2D eigenvalue weighted by molar-refractivity contribution is -0.130. The van der Waals surface area contributed by atoms with Crippen molar-refractivity contribution in [2.45, 2.75) is 31.8 Å². The van der Waals surface area contributed by atoms with E-state index in [1.165, 1.54) is 6.20 Å². The van der Waals surface area contributed by atoms with Gasteiger partial charge in [0.05, 0.1) is 11.2 Å². The molecule has 3 heterocycles.